The number of hydrogen-bond acceptors (Lipinski definition) is 2. The molecule has 1 fully saturated rings. The first kappa shape index (κ1) is 10.2. The molecule has 0 spiro atoms. The Balaban J connectivity index is 2.33. The third-order valence-corrected chi connectivity index (χ3v) is 2.46. The van der Waals surface area contributed by atoms with Crippen LogP contribution >= 0.6 is 0 Å². The van der Waals surface area contributed by atoms with Crippen LogP contribution in [0, 0.1) is 5.92 Å². The van der Waals surface area contributed by atoms with Crippen LogP contribution in [0.4, 0.5) is 8.78 Å². The van der Waals surface area contributed by atoms with Crippen molar-refractivity contribution < 1.29 is 14.0 Å². The van der Waals surface area contributed by atoms with E-state index in [4.69, 9.17) is 10.9 Å². The largest absolute Gasteiger partial charge is 0.409 e. The molecule has 5 heteroatoms. The molecule has 0 bridgehead atoms. The summed E-state index contributed by atoms with van der Waals surface area (Å²) in [4.78, 5) is 0. The van der Waals surface area contributed by atoms with Crippen LogP contribution in [0.15, 0.2) is 5.16 Å². The summed E-state index contributed by atoms with van der Waals surface area (Å²) >= 11 is 0. The average molecular weight is 192 g/mol. The molecule has 0 radical (unpaired) electrons. The maximum atomic E-state index is 12.7. The van der Waals surface area contributed by atoms with E-state index in [1.165, 1.54) is 0 Å². The molecule has 1 aliphatic rings. The lowest BCUT2D eigenvalue weighted by molar-refractivity contribution is -0.0450. The van der Waals surface area contributed by atoms with Crippen LogP contribution in [-0.4, -0.2) is 17.0 Å². The molecule has 1 rings (SSSR count). The highest BCUT2D eigenvalue weighted by Gasteiger charge is 2.34. The molecule has 0 aromatic heterocycles. The second kappa shape index (κ2) is 3.89. The first-order valence-electron chi connectivity index (χ1n) is 4.38. The van der Waals surface area contributed by atoms with E-state index in [2.05, 4.69) is 5.16 Å². The number of nitrogens with zero attached hydrogens (tertiary/aromatic N) is 1. The summed E-state index contributed by atoms with van der Waals surface area (Å²) in [5, 5.41) is 11.1. The number of amidine groups is 1. The van der Waals surface area contributed by atoms with Crippen molar-refractivity contribution in [3.05, 3.63) is 0 Å². The first-order valence-corrected chi connectivity index (χ1v) is 4.38. The molecule has 3 nitrogen and oxygen atoms in total. The Morgan fingerprint density at radius 1 is 1.46 bits per heavy atom. The van der Waals surface area contributed by atoms with E-state index in [0.717, 1.165) is 0 Å². The van der Waals surface area contributed by atoms with Crippen LogP contribution in [-0.2, 0) is 0 Å². The normalized spacial score (nSPS) is 24.6. The summed E-state index contributed by atoms with van der Waals surface area (Å²) in [6, 6.07) is 0. The van der Waals surface area contributed by atoms with Crippen LogP contribution in [0.2, 0.25) is 0 Å². The molecule has 0 heterocycles. The highest BCUT2D eigenvalue weighted by atomic mass is 19.3. The van der Waals surface area contributed by atoms with Gasteiger partial charge in [0.05, 0.1) is 0 Å². The Morgan fingerprint density at radius 3 is 2.46 bits per heavy atom. The molecule has 3 N–H and O–H groups in total. The van der Waals surface area contributed by atoms with E-state index in [0.29, 0.717) is 19.3 Å². The van der Waals surface area contributed by atoms with Gasteiger partial charge in [-0.3, -0.25) is 0 Å². The van der Waals surface area contributed by atoms with Gasteiger partial charge >= 0.3 is 0 Å². The number of nitrogens with two attached hydrogens (primary N) is 1. The second-order valence-corrected chi connectivity index (χ2v) is 3.59. The Bertz CT molecular complexity index is 196. The van der Waals surface area contributed by atoms with Gasteiger partial charge in [0.25, 0.3) is 0 Å². The summed E-state index contributed by atoms with van der Waals surface area (Å²) in [7, 11) is 0. The Morgan fingerprint density at radius 2 is 2.00 bits per heavy atom. The summed E-state index contributed by atoms with van der Waals surface area (Å²) in [5.74, 6) is -2.22. The van der Waals surface area contributed by atoms with Gasteiger partial charge < -0.3 is 10.9 Å². The van der Waals surface area contributed by atoms with Crippen molar-refractivity contribution in [3.8, 4) is 0 Å². The average Bonchev–Trinajstić information content (AvgIpc) is 2.08. The van der Waals surface area contributed by atoms with E-state index in [-0.39, 0.29) is 24.6 Å². The van der Waals surface area contributed by atoms with Gasteiger partial charge in [-0.05, 0) is 18.8 Å². The lowest BCUT2D eigenvalue weighted by atomic mass is 9.84. The fourth-order valence-corrected chi connectivity index (χ4v) is 1.64. The molecule has 0 atom stereocenters. The molecule has 0 unspecified atom stereocenters. The monoisotopic (exact) mass is 192 g/mol. The predicted molar refractivity (Wildman–Crippen MR) is 44.9 cm³/mol. The van der Waals surface area contributed by atoms with Crippen LogP contribution < -0.4 is 5.73 Å². The fourth-order valence-electron chi connectivity index (χ4n) is 1.64. The molecule has 76 valence electrons. The van der Waals surface area contributed by atoms with Crippen molar-refractivity contribution in [1.82, 2.24) is 0 Å². The highest BCUT2D eigenvalue weighted by Crippen LogP contribution is 2.37. The van der Waals surface area contributed by atoms with Crippen LogP contribution in [0.5, 0.6) is 0 Å². The van der Waals surface area contributed by atoms with Crippen molar-refractivity contribution in [2.45, 2.75) is 38.0 Å². The summed E-state index contributed by atoms with van der Waals surface area (Å²) in [6.45, 7) is 0. The maximum Gasteiger partial charge on any atom is 0.248 e. The molecule has 1 saturated carbocycles. The molecule has 0 aromatic rings. The first-order chi connectivity index (χ1) is 6.03. The number of hydrogen-bond donors (Lipinski definition) is 2. The van der Waals surface area contributed by atoms with Crippen LogP contribution in [0.1, 0.15) is 32.1 Å². The van der Waals surface area contributed by atoms with Crippen molar-refractivity contribution in [3.63, 3.8) is 0 Å². The van der Waals surface area contributed by atoms with E-state index >= 15 is 0 Å². The topological polar surface area (TPSA) is 58.6 Å². The van der Waals surface area contributed by atoms with Gasteiger partial charge in [-0.2, -0.15) is 0 Å². The minimum Gasteiger partial charge on any atom is -0.409 e. The molecule has 1 aliphatic carbocycles. The SMILES string of the molecule is N/C(CC1CCC(F)(F)CC1)=N/O. The van der Waals surface area contributed by atoms with E-state index < -0.39 is 5.92 Å². The van der Waals surface area contributed by atoms with E-state index in [9.17, 15) is 8.78 Å². The fraction of sp³-hybridized carbons (Fsp3) is 0.875. The zero-order chi connectivity index (χ0) is 9.90. The Kier molecular flexibility index (Phi) is 3.06. The van der Waals surface area contributed by atoms with Gasteiger partial charge in [0.15, 0.2) is 0 Å². The van der Waals surface area contributed by atoms with Gasteiger partial charge in [0.1, 0.15) is 5.84 Å². The van der Waals surface area contributed by atoms with E-state index in [1.807, 2.05) is 0 Å². The molecule has 13 heavy (non-hydrogen) atoms. The van der Waals surface area contributed by atoms with Crippen LogP contribution in [0.3, 0.4) is 0 Å². The van der Waals surface area contributed by atoms with E-state index in [1.54, 1.807) is 0 Å². The highest BCUT2D eigenvalue weighted by molar-refractivity contribution is 5.79. The summed E-state index contributed by atoms with van der Waals surface area (Å²) < 4.78 is 25.4. The molecular weight excluding hydrogens is 178 g/mol. The van der Waals surface area contributed by atoms with Gasteiger partial charge in [-0.25, -0.2) is 8.78 Å². The standard InChI is InChI=1S/C8H14F2N2O/c9-8(10)3-1-6(2-4-8)5-7(11)12-13/h6,13H,1-5H2,(H2,11,12). The minimum absolute atomic E-state index is 0.0730. The van der Waals surface area contributed by atoms with Gasteiger partial charge in [0, 0.05) is 19.3 Å². The molecule has 0 amide bonds. The quantitative estimate of drug-likeness (QED) is 0.304. The van der Waals surface area contributed by atoms with Crippen molar-refractivity contribution in [2.75, 3.05) is 0 Å². The number of oxime groups is 1. The number of halogens is 2. The lowest BCUT2D eigenvalue weighted by Crippen LogP contribution is -2.27. The third kappa shape index (κ3) is 3.16. The van der Waals surface area contributed by atoms with Crippen molar-refractivity contribution in [1.29, 1.82) is 0 Å². The second-order valence-electron chi connectivity index (χ2n) is 3.59. The smallest absolute Gasteiger partial charge is 0.248 e. The lowest BCUT2D eigenvalue weighted by Gasteiger charge is -2.27. The molecule has 0 saturated heterocycles. The van der Waals surface area contributed by atoms with Crippen molar-refractivity contribution >= 4 is 5.84 Å². The Hall–Kier alpha value is -0.870. The summed E-state index contributed by atoms with van der Waals surface area (Å²) in [5.41, 5.74) is 5.28. The zero-order valence-electron chi connectivity index (χ0n) is 7.34. The summed E-state index contributed by atoms with van der Waals surface area (Å²) in [6.07, 6.45) is 1.20. The van der Waals surface area contributed by atoms with Crippen molar-refractivity contribution in [2.24, 2.45) is 16.8 Å². The third-order valence-electron chi connectivity index (χ3n) is 2.46. The Labute approximate surface area is 75.6 Å². The minimum atomic E-state index is -2.50. The van der Waals surface area contributed by atoms with Gasteiger partial charge in [0.2, 0.25) is 5.92 Å². The number of alkyl halides is 2. The predicted octanol–water partition coefficient (Wildman–Crippen LogP) is 1.95. The molecule has 0 aliphatic heterocycles. The molecule has 0 aromatic carbocycles. The van der Waals surface area contributed by atoms with Crippen LogP contribution in [0.25, 0.3) is 0 Å². The number of rotatable bonds is 2. The maximum absolute atomic E-state index is 12.7. The zero-order valence-corrected chi connectivity index (χ0v) is 7.34. The molecular formula is C8H14F2N2O. The van der Waals surface area contributed by atoms with Gasteiger partial charge in [-0.1, -0.05) is 5.16 Å². The van der Waals surface area contributed by atoms with Gasteiger partial charge in [-0.15, -0.1) is 0 Å².